The molecule has 1 unspecified atom stereocenters. The van der Waals surface area contributed by atoms with Crippen LogP contribution in [0, 0.1) is 0 Å². The molecule has 0 fully saturated rings. The largest absolute Gasteiger partial charge is 0.454 e. The number of nitrogens with zero attached hydrogens (tertiary/aromatic N) is 3. The Kier molecular flexibility index (Phi) is 8.05. The van der Waals surface area contributed by atoms with Gasteiger partial charge >= 0.3 is 18.4 Å². The molecule has 0 bridgehead atoms. The van der Waals surface area contributed by atoms with E-state index in [1.807, 2.05) is 0 Å². The fraction of sp³-hybridized carbons (Fsp3) is 0.444. The lowest BCUT2D eigenvalue weighted by molar-refractivity contribution is -0.154. The van der Waals surface area contributed by atoms with Gasteiger partial charge in [-0.05, 0) is 31.0 Å². The molecule has 1 heterocycles. The molecule has 0 radical (unpaired) electrons. The zero-order valence-electron chi connectivity index (χ0n) is 16.7. The number of carbonyl (C=O) groups is 1. The lowest BCUT2D eigenvalue weighted by atomic mass is 10.1. The summed E-state index contributed by atoms with van der Waals surface area (Å²) in [6.07, 6.45) is -8.42. The highest BCUT2D eigenvalue weighted by Gasteiger charge is 2.31. The van der Waals surface area contributed by atoms with E-state index in [1.54, 1.807) is 6.92 Å². The van der Waals surface area contributed by atoms with Crippen LogP contribution in [-0.2, 0) is 11.0 Å². The lowest BCUT2D eigenvalue weighted by Crippen LogP contribution is -2.24. The molecule has 1 aromatic heterocycles. The van der Waals surface area contributed by atoms with Gasteiger partial charge in [-0.3, -0.25) is 4.79 Å². The molecule has 176 valence electrons. The number of carbonyl (C=O) groups excluding carboxylic acids is 1. The first kappa shape index (κ1) is 24.9. The van der Waals surface area contributed by atoms with Crippen molar-refractivity contribution in [2.75, 3.05) is 17.2 Å². The number of hydrogen-bond acceptors (Lipinski definition) is 7. The van der Waals surface area contributed by atoms with Gasteiger partial charge in [0.2, 0.25) is 17.8 Å². The number of alkyl halides is 6. The van der Waals surface area contributed by atoms with Gasteiger partial charge < -0.3 is 21.1 Å². The molecule has 4 N–H and O–H groups in total. The number of hydrogen-bond donors (Lipinski definition) is 3. The first-order valence-corrected chi connectivity index (χ1v) is 9.30. The summed E-state index contributed by atoms with van der Waals surface area (Å²) in [5.74, 6) is -1.08. The maximum atomic E-state index is 12.9. The fourth-order valence-corrected chi connectivity index (χ4v) is 2.47. The maximum Gasteiger partial charge on any atom is 0.422 e. The monoisotopic (exact) mass is 466 g/mol. The first-order valence-electron chi connectivity index (χ1n) is 9.30. The Morgan fingerprint density at radius 3 is 2.41 bits per heavy atom. The fourth-order valence-electron chi connectivity index (χ4n) is 2.47. The molecule has 0 aliphatic heterocycles. The maximum absolute atomic E-state index is 12.9. The number of halogens is 6. The first-order chi connectivity index (χ1) is 14.9. The Hall–Kier alpha value is -3.32. The summed E-state index contributed by atoms with van der Waals surface area (Å²) >= 11 is 0. The Bertz CT molecular complexity index is 922. The van der Waals surface area contributed by atoms with E-state index in [0.717, 1.165) is 18.2 Å². The minimum Gasteiger partial charge on any atom is -0.454 e. The second-order valence-electron chi connectivity index (χ2n) is 6.63. The molecule has 1 atom stereocenters. The molecular formula is C18H20F6N6O2. The Morgan fingerprint density at radius 1 is 1.12 bits per heavy atom. The Labute approximate surface area is 178 Å². The minimum absolute atomic E-state index is 0.0450. The van der Waals surface area contributed by atoms with Crippen molar-refractivity contribution in [3.63, 3.8) is 0 Å². The van der Waals surface area contributed by atoms with Gasteiger partial charge in [0.1, 0.15) is 0 Å². The van der Waals surface area contributed by atoms with E-state index in [-0.39, 0.29) is 30.0 Å². The van der Waals surface area contributed by atoms with E-state index in [0.29, 0.717) is 12.8 Å². The topological polar surface area (TPSA) is 115 Å². The molecule has 0 spiro atoms. The van der Waals surface area contributed by atoms with Crippen molar-refractivity contribution < 1.29 is 35.9 Å². The molecule has 14 heteroatoms. The van der Waals surface area contributed by atoms with Crippen LogP contribution in [0.1, 0.15) is 31.7 Å². The summed E-state index contributed by atoms with van der Waals surface area (Å²) in [4.78, 5) is 22.4. The van der Waals surface area contributed by atoms with Gasteiger partial charge in [-0.15, -0.1) is 0 Å². The van der Waals surface area contributed by atoms with Crippen molar-refractivity contribution >= 4 is 23.5 Å². The van der Waals surface area contributed by atoms with E-state index in [9.17, 15) is 31.1 Å². The highest BCUT2D eigenvalue weighted by atomic mass is 19.4. The van der Waals surface area contributed by atoms with Crippen LogP contribution >= 0.6 is 0 Å². The van der Waals surface area contributed by atoms with Gasteiger partial charge in [0, 0.05) is 18.2 Å². The second-order valence-corrected chi connectivity index (χ2v) is 6.63. The molecule has 1 aromatic carbocycles. The van der Waals surface area contributed by atoms with Crippen molar-refractivity contribution in [2.24, 2.45) is 5.73 Å². The van der Waals surface area contributed by atoms with Crippen LogP contribution in [-0.4, -0.2) is 39.7 Å². The molecule has 1 amide bonds. The molecule has 0 aliphatic carbocycles. The highest BCUT2D eigenvalue weighted by molar-refractivity contribution is 5.73. The van der Waals surface area contributed by atoms with Gasteiger partial charge in [-0.1, -0.05) is 13.0 Å². The summed E-state index contributed by atoms with van der Waals surface area (Å²) < 4.78 is 80.8. The second kappa shape index (κ2) is 10.3. The third-order valence-corrected chi connectivity index (χ3v) is 3.99. The van der Waals surface area contributed by atoms with E-state index >= 15 is 0 Å². The van der Waals surface area contributed by atoms with Crippen molar-refractivity contribution in [3.8, 4) is 6.01 Å². The van der Waals surface area contributed by atoms with Gasteiger partial charge in [-0.2, -0.15) is 41.3 Å². The summed E-state index contributed by atoms with van der Waals surface area (Å²) in [5, 5.41) is 5.33. The van der Waals surface area contributed by atoms with Crippen LogP contribution in [0.5, 0.6) is 6.01 Å². The average molecular weight is 466 g/mol. The number of nitrogens with one attached hydrogen (secondary N) is 2. The lowest BCUT2D eigenvalue weighted by Gasteiger charge is -2.17. The predicted octanol–water partition coefficient (Wildman–Crippen LogP) is 4.03. The summed E-state index contributed by atoms with van der Waals surface area (Å²) in [6.45, 7) is 0.0983. The zero-order valence-corrected chi connectivity index (χ0v) is 16.7. The minimum atomic E-state index is -4.66. The van der Waals surface area contributed by atoms with Crippen LogP contribution in [0.3, 0.4) is 0 Å². The quantitative estimate of drug-likeness (QED) is 0.453. The van der Waals surface area contributed by atoms with E-state index in [2.05, 4.69) is 30.3 Å². The molecule has 0 aliphatic rings. The molecule has 32 heavy (non-hydrogen) atoms. The van der Waals surface area contributed by atoms with Gasteiger partial charge in [0.25, 0.3) is 0 Å². The molecule has 2 rings (SSSR count). The van der Waals surface area contributed by atoms with Gasteiger partial charge in [-0.25, -0.2) is 0 Å². The van der Waals surface area contributed by atoms with Crippen LogP contribution in [0.4, 0.5) is 43.9 Å². The molecule has 8 nitrogen and oxygen atoms in total. The van der Waals surface area contributed by atoms with Crippen LogP contribution in [0.25, 0.3) is 0 Å². The number of rotatable bonds is 10. The number of benzene rings is 1. The molecule has 0 saturated heterocycles. The number of primary amides is 1. The summed E-state index contributed by atoms with van der Waals surface area (Å²) in [7, 11) is 0. The summed E-state index contributed by atoms with van der Waals surface area (Å²) in [5.41, 5.74) is 4.12. The number of nitrogens with two attached hydrogens (primary N) is 1. The van der Waals surface area contributed by atoms with Crippen LogP contribution in [0.15, 0.2) is 24.3 Å². The standard InChI is InChI=1S/C18H20F6N6O2/c1-2-11(6-7-13(25)31)26-14-28-15(30-16(29-14)32-9-17(19,20)21)27-12-5-3-4-10(8-12)18(22,23)24/h3-5,8,11H,2,6-7,9H2,1H3,(H2,25,31)(H2,26,27,28,29,30). The zero-order chi connectivity index (χ0) is 23.9. The number of amides is 1. The number of ether oxygens (including phenoxy) is 1. The molecule has 0 saturated carbocycles. The van der Waals surface area contributed by atoms with Crippen molar-refractivity contribution in [1.29, 1.82) is 0 Å². The van der Waals surface area contributed by atoms with E-state index in [1.165, 1.54) is 6.07 Å². The third-order valence-electron chi connectivity index (χ3n) is 3.99. The molecular weight excluding hydrogens is 446 g/mol. The van der Waals surface area contributed by atoms with E-state index in [4.69, 9.17) is 5.73 Å². The van der Waals surface area contributed by atoms with Gasteiger partial charge in [0.05, 0.1) is 5.56 Å². The normalized spacial score (nSPS) is 12.8. The average Bonchev–Trinajstić information content (AvgIpc) is 2.68. The third kappa shape index (κ3) is 8.43. The van der Waals surface area contributed by atoms with Crippen molar-refractivity contribution in [2.45, 2.75) is 44.6 Å². The highest BCUT2D eigenvalue weighted by Crippen LogP contribution is 2.31. The van der Waals surface area contributed by atoms with Crippen LogP contribution in [0.2, 0.25) is 0 Å². The van der Waals surface area contributed by atoms with Crippen LogP contribution < -0.4 is 21.1 Å². The molecule has 2 aromatic rings. The number of anilines is 3. The van der Waals surface area contributed by atoms with Crippen molar-refractivity contribution in [1.82, 2.24) is 15.0 Å². The Balaban J connectivity index is 2.30. The SMILES string of the molecule is CCC(CCC(N)=O)Nc1nc(Nc2cccc(C(F)(F)F)c2)nc(OCC(F)(F)F)n1. The van der Waals surface area contributed by atoms with E-state index < -0.39 is 36.4 Å². The summed E-state index contributed by atoms with van der Waals surface area (Å²) in [6, 6.07) is 3.03. The Morgan fingerprint density at radius 2 is 1.81 bits per heavy atom. The number of aromatic nitrogens is 3. The van der Waals surface area contributed by atoms with Gasteiger partial charge in [0.15, 0.2) is 6.61 Å². The predicted molar refractivity (Wildman–Crippen MR) is 102 cm³/mol. The smallest absolute Gasteiger partial charge is 0.422 e. The van der Waals surface area contributed by atoms with Crippen molar-refractivity contribution in [3.05, 3.63) is 29.8 Å².